The number of rotatable bonds is 2. The van der Waals surface area contributed by atoms with Crippen LogP contribution in [0, 0.1) is 6.92 Å². The standard InChI is InChI=1S/C10H7Cl2N3OS/c1-5-4-13-10(17-5)15-9(16)6-2-3-7(11)14-8(6)12/h2-4H,1H3,(H,13,15,16). The van der Waals surface area contributed by atoms with Crippen molar-refractivity contribution in [2.24, 2.45) is 0 Å². The molecule has 0 fully saturated rings. The van der Waals surface area contributed by atoms with E-state index in [9.17, 15) is 4.79 Å². The van der Waals surface area contributed by atoms with Crippen LogP contribution in [-0.2, 0) is 0 Å². The number of carbonyl (C=O) groups is 1. The van der Waals surface area contributed by atoms with Gasteiger partial charge in [0.1, 0.15) is 10.3 Å². The molecule has 0 saturated heterocycles. The number of hydrogen-bond acceptors (Lipinski definition) is 4. The first-order valence-electron chi connectivity index (χ1n) is 4.62. The third-order valence-electron chi connectivity index (χ3n) is 1.90. The number of carbonyl (C=O) groups excluding carboxylic acids is 1. The van der Waals surface area contributed by atoms with Crippen molar-refractivity contribution in [3.05, 3.63) is 39.1 Å². The van der Waals surface area contributed by atoms with Crippen molar-refractivity contribution in [1.82, 2.24) is 9.97 Å². The van der Waals surface area contributed by atoms with Gasteiger partial charge in [0, 0.05) is 11.1 Å². The van der Waals surface area contributed by atoms with Crippen LogP contribution in [0.2, 0.25) is 10.3 Å². The molecule has 88 valence electrons. The number of aromatic nitrogens is 2. The fourth-order valence-corrected chi connectivity index (χ4v) is 2.25. The van der Waals surface area contributed by atoms with E-state index in [4.69, 9.17) is 23.2 Å². The zero-order valence-corrected chi connectivity index (χ0v) is 11.0. The summed E-state index contributed by atoms with van der Waals surface area (Å²) in [5.41, 5.74) is 0.268. The smallest absolute Gasteiger partial charge is 0.260 e. The number of amides is 1. The number of halogens is 2. The van der Waals surface area contributed by atoms with Crippen LogP contribution in [0.25, 0.3) is 0 Å². The lowest BCUT2D eigenvalue weighted by molar-refractivity contribution is 0.102. The molecule has 1 N–H and O–H groups in total. The van der Waals surface area contributed by atoms with Crippen LogP contribution in [0.5, 0.6) is 0 Å². The van der Waals surface area contributed by atoms with E-state index in [1.165, 1.54) is 23.5 Å². The molecule has 0 aromatic carbocycles. The van der Waals surface area contributed by atoms with Crippen LogP contribution in [0.1, 0.15) is 15.2 Å². The SMILES string of the molecule is Cc1cnc(NC(=O)c2ccc(Cl)nc2Cl)s1. The highest BCUT2D eigenvalue weighted by Crippen LogP contribution is 2.20. The van der Waals surface area contributed by atoms with Gasteiger partial charge in [0.15, 0.2) is 5.13 Å². The Kier molecular flexibility index (Phi) is 3.61. The van der Waals surface area contributed by atoms with E-state index < -0.39 is 0 Å². The van der Waals surface area contributed by atoms with Crippen LogP contribution in [0.4, 0.5) is 5.13 Å². The summed E-state index contributed by atoms with van der Waals surface area (Å²) in [6.45, 7) is 1.91. The number of hydrogen-bond donors (Lipinski definition) is 1. The minimum atomic E-state index is -0.353. The predicted octanol–water partition coefficient (Wildman–Crippen LogP) is 3.41. The Bertz CT molecular complexity index is 570. The molecular formula is C10H7Cl2N3OS. The molecule has 7 heteroatoms. The van der Waals surface area contributed by atoms with Crippen LogP contribution in [0.15, 0.2) is 18.3 Å². The monoisotopic (exact) mass is 287 g/mol. The van der Waals surface area contributed by atoms with E-state index in [1.807, 2.05) is 6.92 Å². The predicted molar refractivity (Wildman–Crippen MR) is 69.1 cm³/mol. The molecule has 0 bridgehead atoms. The number of nitrogens with zero attached hydrogens (tertiary/aromatic N) is 2. The third-order valence-corrected chi connectivity index (χ3v) is 3.23. The summed E-state index contributed by atoms with van der Waals surface area (Å²) < 4.78 is 0. The second-order valence-corrected chi connectivity index (χ2v) is 5.18. The summed E-state index contributed by atoms with van der Waals surface area (Å²) in [5, 5.41) is 3.49. The maximum absolute atomic E-state index is 11.8. The normalized spacial score (nSPS) is 10.3. The third kappa shape index (κ3) is 2.94. The van der Waals surface area contributed by atoms with E-state index >= 15 is 0 Å². The van der Waals surface area contributed by atoms with Gasteiger partial charge in [-0.2, -0.15) is 0 Å². The molecule has 1 amide bonds. The Labute approximate surface area is 112 Å². The Morgan fingerprint density at radius 2 is 2.18 bits per heavy atom. The summed E-state index contributed by atoms with van der Waals surface area (Å²) in [6, 6.07) is 3.03. The van der Waals surface area contributed by atoms with E-state index in [1.54, 1.807) is 6.20 Å². The van der Waals surface area contributed by atoms with E-state index in [2.05, 4.69) is 15.3 Å². The molecule has 2 rings (SSSR count). The minimum Gasteiger partial charge on any atom is -0.298 e. The van der Waals surface area contributed by atoms with Gasteiger partial charge in [-0.05, 0) is 19.1 Å². The van der Waals surface area contributed by atoms with Crippen molar-refractivity contribution < 1.29 is 4.79 Å². The average Bonchev–Trinajstić information content (AvgIpc) is 2.63. The molecule has 0 radical (unpaired) electrons. The van der Waals surface area contributed by atoms with E-state index in [0.29, 0.717) is 5.13 Å². The Balaban J connectivity index is 2.20. The molecule has 17 heavy (non-hydrogen) atoms. The highest BCUT2D eigenvalue weighted by Gasteiger charge is 2.13. The lowest BCUT2D eigenvalue weighted by Crippen LogP contribution is -2.12. The first-order valence-corrected chi connectivity index (χ1v) is 6.19. The van der Waals surface area contributed by atoms with Gasteiger partial charge in [0.25, 0.3) is 5.91 Å². The van der Waals surface area contributed by atoms with Gasteiger partial charge in [-0.15, -0.1) is 11.3 Å². The van der Waals surface area contributed by atoms with Crippen LogP contribution in [0.3, 0.4) is 0 Å². The van der Waals surface area contributed by atoms with Crippen molar-refractivity contribution in [3.63, 3.8) is 0 Å². The number of aryl methyl sites for hydroxylation is 1. The Morgan fingerprint density at radius 1 is 1.41 bits per heavy atom. The van der Waals surface area contributed by atoms with Gasteiger partial charge in [0.2, 0.25) is 0 Å². The molecule has 2 aromatic heterocycles. The molecule has 2 aromatic rings. The maximum Gasteiger partial charge on any atom is 0.260 e. The van der Waals surface area contributed by atoms with Gasteiger partial charge in [0.05, 0.1) is 5.56 Å². The fourth-order valence-electron chi connectivity index (χ4n) is 1.16. The molecule has 4 nitrogen and oxygen atoms in total. The maximum atomic E-state index is 11.8. The van der Waals surface area contributed by atoms with Crippen LogP contribution >= 0.6 is 34.5 Å². The molecule has 0 atom stereocenters. The average molecular weight is 288 g/mol. The molecule has 0 saturated carbocycles. The molecule has 0 aliphatic heterocycles. The number of pyridine rings is 1. The van der Waals surface area contributed by atoms with E-state index in [0.717, 1.165) is 4.88 Å². The van der Waals surface area contributed by atoms with Crippen molar-refractivity contribution in [2.45, 2.75) is 6.92 Å². The highest BCUT2D eigenvalue weighted by atomic mass is 35.5. The van der Waals surface area contributed by atoms with Gasteiger partial charge in [-0.25, -0.2) is 9.97 Å². The largest absolute Gasteiger partial charge is 0.298 e. The summed E-state index contributed by atoms with van der Waals surface area (Å²) in [5.74, 6) is -0.353. The zero-order chi connectivity index (χ0) is 12.4. The molecule has 0 aliphatic carbocycles. The molecule has 0 aliphatic rings. The molecule has 2 heterocycles. The summed E-state index contributed by atoms with van der Waals surface area (Å²) in [7, 11) is 0. The second-order valence-electron chi connectivity index (χ2n) is 3.20. The summed E-state index contributed by atoms with van der Waals surface area (Å²) in [6.07, 6.45) is 1.68. The minimum absolute atomic E-state index is 0.0725. The first-order chi connectivity index (χ1) is 8.06. The number of anilines is 1. The van der Waals surface area contributed by atoms with Crippen molar-refractivity contribution >= 4 is 45.6 Å². The lowest BCUT2D eigenvalue weighted by atomic mass is 10.3. The topological polar surface area (TPSA) is 54.9 Å². The second kappa shape index (κ2) is 5.00. The molecular weight excluding hydrogens is 281 g/mol. The van der Waals surface area contributed by atoms with Gasteiger partial charge < -0.3 is 0 Å². The number of nitrogens with one attached hydrogen (secondary N) is 1. The van der Waals surface area contributed by atoms with Crippen molar-refractivity contribution in [3.8, 4) is 0 Å². The quantitative estimate of drug-likeness (QED) is 0.862. The lowest BCUT2D eigenvalue weighted by Gasteiger charge is -2.03. The molecule has 0 spiro atoms. The van der Waals surface area contributed by atoms with Crippen molar-refractivity contribution in [1.29, 1.82) is 0 Å². The van der Waals surface area contributed by atoms with E-state index in [-0.39, 0.29) is 21.8 Å². The Morgan fingerprint density at radius 3 is 2.76 bits per heavy atom. The van der Waals surface area contributed by atoms with Gasteiger partial charge in [-0.1, -0.05) is 23.2 Å². The van der Waals surface area contributed by atoms with Gasteiger partial charge >= 0.3 is 0 Å². The van der Waals surface area contributed by atoms with Gasteiger partial charge in [-0.3, -0.25) is 10.1 Å². The zero-order valence-electron chi connectivity index (χ0n) is 8.70. The highest BCUT2D eigenvalue weighted by molar-refractivity contribution is 7.15. The fraction of sp³-hybridized carbons (Fsp3) is 0.100. The summed E-state index contributed by atoms with van der Waals surface area (Å²) in [4.78, 5) is 20.7. The van der Waals surface area contributed by atoms with Crippen LogP contribution in [-0.4, -0.2) is 15.9 Å². The summed E-state index contributed by atoms with van der Waals surface area (Å²) >= 11 is 12.9. The Hall–Kier alpha value is -1.17. The first kappa shape index (κ1) is 12.3. The van der Waals surface area contributed by atoms with Crippen molar-refractivity contribution in [2.75, 3.05) is 5.32 Å². The van der Waals surface area contributed by atoms with Crippen LogP contribution < -0.4 is 5.32 Å². The molecule has 0 unspecified atom stereocenters. The number of thiazole rings is 1.